The van der Waals surface area contributed by atoms with Crippen molar-refractivity contribution in [2.45, 2.75) is 11.4 Å². The van der Waals surface area contributed by atoms with E-state index in [0.717, 1.165) is 0 Å². The third kappa shape index (κ3) is 3.19. The zero-order valence-corrected chi connectivity index (χ0v) is 13.1. The molecular weight excluding hydrogens is 344 g/mol. The Morgan fingerprint density at radius 2 is 2.22 bits per heavy atom. The van der Waals surface area contributed by atoms with Crippen molar-refractivity contribution in [1.29, 1.82) is 0 Å². The molecule has 1 aliphatic heterocycles. The van der Waals surface area contributed by atoms with E-state index in [1.54, 1.807) is 12.1 Å². The van der Waals surface area contributed by atoms with Gasteiger partial charge in [0.2, 0.25) is 0 Å². The van der Waals surface area contributed by atoms with Crippen molar-refractivity contribution in [2.75, 3.05) is 5.75 Å². The number of carbonyl (C=O) groups is 1. The van der Waals surface area contributed by atoms with E-state index in [4.69, 9.17) is 21.1 Å². The highest BCUT2D eigenvalue weighted by Crippen LogP contribution is 2.38. The van der Waals surface area contributed by atoms with E-state index in [1.165, 1.54) is 30.0 Å². The topological polar surface area (TPSA) is 106 Å². The highest BCUT2D eigenvalue weighted by molar-refractivity contribution is 7.99. The lowest BCUT2D eigenvalue weighted by molar-refractivity contribution is -0.384. The Labute approximate surface area is 139 Å². The maximum absolute atomic E-state index is 11.0. The van der Waals surface area contributed by atoms with Crippen LogP contribution in [0.3, 0.4) is 0 Å². The number of nitro groups is 1. The monoisotopic (exact) mass is 354 g/mol. The molecule has 0 amide bonds. The van der Waals surface area contributed by atoms with Crippen molar-refractivity contribution >= 4 is 35.0 Å². The second-order valence-electron chi connectivity index (χ2n) is 4.89. The first-order valence-electron chi connectivity index (χ1n) is 6.60. The molecule has 0 bridgehead atoms. The van der Waals surface area contributed by atoms with E-state index in [2.05, 4.69) is 5.32 Å². The highest BCUT2D eigenvalue weighted by atomic mass is 35.5. The number of aliphatic carboxylic acids is 1. The van der Waals surface area contributed by atoms with Crippen LogP contribution in [-0.4, -0.2) is 27.8 Å². The van der Waals surface area contributed by atoms with Crippen LogP contribution < -0.4 is 5.32 Å². The standard InChI is InChI=1S/C14H11ClN2O5S/c15-9-2-1-7(17(20)21)5-8(9)11-3-4-12(22-11)13-16-10(6-23-13)14(18)19/h1-5,10,13,16H,6H2,(H,18,19). The number of thioether (sulfide) groups is 1. The van der Waals surface area contributed by atoms with Crippen LogP contribution >= 0.6 is 23.4 Å². The van der Waals surface area contributed by atoms with E-state index in [0.29, 0.717) is 27.9 Å². The van der Waals surface area contributed by atoms with Crippen LogP contribution in [0.1, 0.15) is 11.1 Å². The van der Waals surface area contributed by atoms with Crippen LogP contribution in [0, 0.1) is 10.1 Å². The van der Waals surface area contributed by atoms with Crippen molar-refractivity contribution in [3.63, 3.8) is 0 Å². The normalized spacial score (nSPS) is 20.6. The first-order valence-corrected chi connectivity index (χ1v) is 8.03. The van der Waals surface area contributed by atoms with Crippen LogP contribution in [-0.2, 0) is 4.79 Å². The minimum Gasteiger partial charge on any atom is -0.480 e. The van der Waals surface area contributed by atoms with Gasteiger partial charge in [0, 0.05) is 23.4 Å². The fraction of sp³-hybridized carbons (Fsp3) is 0.214. The number of non-ortho nitro benzene ring substituents is 1. The molecule has 0 radical (unpaired) electrons. The van der Waals surface area contributed by atoms with Gasteiger partial charge in [-0.25, -0.2) is 0 Å². The Morgan fingerprint density at radius 3 is 2.87 bits per heavy atom. The van der Waals surface area contributed by atoms with Gasteiger partial charge in [0.15, 0.2) is 0 Å². The number of nitrogens with zero attached hydrogens (tertiary/aromatic N) is 1. The largest absolute Gasteiger partial charge is 0.480 e. The zero-order valence-electron chi connectivity index (χ0n) is 11.6. The Bertz CT molecular complexity index is 778. The SMILES string of the molecule is O=C(O)C1CSC(c2ccc(-c3cc([N+](=O)[O-])ccc3Cl)o2)N1. The van der Waals surface area contributed by atoms with Gasteiger partial charge in [-0.05, 0) is 18.2 Å². The number of carboxylic acids is 1. The third-order valence-electron chi connectivity index (χ3n) is 3.39. The maximum atomic E-state index is 11.0. The lowest BCUT2D eigenvalue weighted by atomic mass is 10.1. The summed E-state index contributed by atoms with van der Waals surface area (Å²) < 4.78 is 5.71. The fourth-order valence-corrected chi connectivity index (χ4v) is 3.62. The summed E-state index contributed by atoms with van der Waals surface area (Å²) in [5.74, 6) is 0.479. The Kier molecular flexibility index (Phi) is 4.29. The summed E-state index contributed by atoms with van der Waals surface area (Å²) in [6.07, 6.45) is 0. The van der Waals surface area contributed by atoms with E-state index in [1.807, 2.05) is 0 Å². The Hall–Kier alpha value is -2.03. The molecule has 0 aliphatic carbocycles. The van der Waals surface area contributed by atoms with E-state index in [9.17, 15) is 14.9 Å². The van der Waals surface area contributed by atoms with Gasteiger partial charge in [-0.15, -0.1) is 11.8 Å². The number of hydrogen-bond acceptors (Lipinski definition) is 6. The minimum absolute atomic E-state index is 0.0818. The molecule has 1 aromatic heterocycles. The number of benzene rings is 1. The molecular formula is C14H11ClN2O5S. The second-order valence-corrected chi connectivity index (χ2v) is 6.44. The molecule has 2 aromatic rings. The van der Waals surface area contributed by atoms with Gasteiger partial charge >= 0.3 is 5.97 Å². The summed E-state index contributed by atoms with van der Waals surface area (Å²) in [5.41, 5.74) is 0.339. The highest BCUT2D eigenvalue weighted by Gasteiger charge is 2.32. The molecule has 1 aliphatic rings. The minimum atomic E-state index is -0.909. The van der Waals surface area contributed by atoms with Gasteiger partial charge in [-0.3, -0.25) is 20.2 Å². The predicted octanol–water partition coefficient (Wildman–Crippen LogP) is 3.30. The molecule has 3 rings (SSSR count). The summed E-state index contributed by atoms with van der Waals surface area (Å²) in [4.78, 5) is 21.3. The summed E-state index contributed by atoms with van der Waals surface area (Å²) in [6, 6.07) is 6.86. The Balaban J connectivity index is 1.87. The molecule has 120 valence electrons. The number of furan rings is 1. The third-order valence-corrected chi connectivity index (χ3v) is 4.95. The summed E-state index contributed by atoms with van der Waals surface area (Å²) >= 11 is 7.51. The molecule has 1 aromatic carbocycles. The van der Waals surface area contributed by atoms with Crippen molar-refractivity contribution in [1.82, 2.24) is 5.32 Å². The van der Waals surface area contributed by atoms with Crippen LogP contribution in [0.4, 0.5) is 5.69 Å². The van der Waals surface area contributed by atoms with Crippen molar-refractivity contribution < 1.29 is 19.2 Å². The van der Waals surface area contributed by atoms with Gasteiger partial charge in [0.05, 0.1) is 9.95 Å². The summed E-state index contributed by atoms with van der Waals surface area (Å²) in [6.45, 7) is 0. The average Bonchev–Trinajstić information content (AvgIpc) is 3.16. The molecule has 2 atom stereocenters. The number of hydrogen-bond donors (Lipinski definition) is 2. The van der Waals surface area contributed by atoms with Crippen LogP contribution in [0.5, 0.6) is 0 Å². The molecule has 0 spiro atoms. The number of nitro benzene ring substituents is 1. The molecule has 9 heteroatoms. The van der Waals surface area contributed by atoms with Crippen LogP contribution in [0.2, 0.25) is 5.02 Å². The lowest BCUT2D eigenvalue weighted by Crippen LogP contribution is -2.33. The molecule has 2 heterocycles. The van der Waals surface area contributed by atoms with Gasteiger partial charge in [0.25, 0.3) is 5.69 Å². The van der Waals surface area contributed by atoms with Crippen LogP contribution in [0.25, 0.3) is 11.3 Å². The molecule has 2 N–H and O–H groups in total. The number of carboxylic acid groups (broad SMARTS) is 1. The molecule has 1 fully saturated rings. The summed E-state index contributed by atoms with van der Waals surface area (Å²) in [7, 11) is 0. The molecule has 23 heavy (non-hydrogen) atoms. The average molecular weight is 355 g/mol. The molecule has 7 nitrogen and oxygen atoms in total. The number of halogens is 1. The van der Waals surface area contributed by atoms with Crippen molar-refractivity contribution in [2.24, 2.45) is 0 Å². The second kappa shape index (κ2) is 6.23. The van der Waals surface area contributed by atoms with Gasteiger partial charge in [-0.1, -0.05) is 11.6 Å². The first-order chi connectivity index (χ1) is 11.0. The summed E-state index contributed by atoms with van der Waals surface area (Å²) in [5, 5.41) is 22.9. The first kappa shape index (κ1) is 15.9. The predicted molar refractivity (Wildman–Crippen MR) is 85.6 cm³/mol. The molecule has 1 saturated heterocycles. The molecule has 0 saturated carbocycles. The van der Waals surface area contributed by atoms with Crippen LogP contribution in [0.15, 0.2) is 34.7 Å². The van der Waals surface area contributed by atoms with Gasteiger partial charge in [0.1, 0.15) is 22.9 Å². The van der Waals surface area contributed by atoms with Gasteiger partial charge in [-0.2, -0.15) is 0 Å². The quantitative estimate of drug-likeness (QED) is 0.641. The zero-order chi connectivity index (χ0) is 16.6. The fourth-order valence-electron chi connectivity index (χ4n) is 2.23. The smallest absolute Gasteiger partial charge is 0.321 e. The Morgan fingerprint density at radius 1 is 1.43 bits per heavy atom. The van der Waals surface area contributed by atoms with E-state index in [-0.39, 0.29) is 11.1 Å². The van der Waals surface area contributed by atoms with E-state index < -0.39 is 16.9 Å². The van der Waals surface area contributed by atoms with Crippen molar-refractivity contribution in [3.8, 4) is 11.3 Å². The van der Waals surface area contributed by atoms with E-state index >= 15 is 0 Å². The maximum Gasteiger partial charge on any atom is 0.321 e. The number of rotatable bonds is 4. The number of nitrogens with one attached hydrogen (secondary N) is 1. The lowest BCUT2D eigenvalue weighted by Gasteiger charge is -2.08. The van der Waals surface area contributed by atoms with Crippen molar-refractivity contribution in [3.05, 3.63) is 51.2 Å². The van der Waals surface area contributed by atoms with Gasteiger partial charge < -0.3 is 9.52 Å². The molecule has 2 unspecified atom stereocenters.